The molecule has 1 saturated heterocycles. The van der Waals surface area contributed by atoms with E-state index in [2.05, 4.69) is 17.1 Å². The van der Waals surface area contributed by atoms with Crippen LogP contribution in [0.4, 0.5) is 5.69 Å². The molecule has 2 fully saturated rings. The maximum absolute atomic E-state index is 12.3. The highest BCUT2D eigenvalue weighted by atomic mass is 16.2. The van der Waals surface area contributed by atoms with Gasteiger partial charge >= 0.3 is 0 Å². The van der Waals surface area contributed by atoms with Crippen LogP contribution in [0.3, 0.4) is 0 Å². The maximum atomic E-state index is 12.3. The van der Waals surface area contributed by atoms with Gasteiger partial charge in [0.25, 0.3) is 0 Å². The van der Waals surface area contributed by atoms with Crippen molar-refractivity contribution in [2.45, 2.75) is 45.1 Å². The van der Waals surface area contributed by atoms with Crippen molar-refractivity contribution in [1.29, 1.82) is 0 Å². The predicted molar refractivity (Wildman–Crippen MR) is 86.2 cm³/mol. The van der Waals surface area contributed by atoms with Crippen LogP contribution in [-0.4, -0.2) is 29.9 Å². The molecule has 1 saturated carbocycles. The number of amides is 1. The molecule has 0 radical (unpaired) electrons. The summed E-state index contributed by atoms with van der Waals surface area (Å²) in [5, 5.41) is 3.02. The third-order valence-corrected chi connectivity index (χ3v) is 5.15. The van der Waals surface area contributed by atoms with Crippen molar-refractivity contribution in [1.82, 2.24) is 4.90 Å². The molecule has 3 heteroatoms. The van der Waals surface area contributed by atoms with E-state index in [-0.39, 0.29) is 5.91 Å². The first-order valence-corrected chi connectivity index (χ1v) is 8.33. The van der Waals surface area contributed by atoms with E-state index in [4.69, 9.17) is 0 Å². The van der Waals surface area contributed by atoms with Crippen LogP contribution in [0.2, 0.25) is 0 Å². The standard InChI is InChI=1S/C18H26N2O/c1-14-7-5-8-15-9-6-12-20(18(14)15)13-17(21)19-16-10-3-2-4-11-16/h2-4,10-11,14-15,18H,5-9,12-13H2,1H3,(H,19,21)/t14-,15+,18+/m1/s1. The Bertz CT molecular complexity index is 471. The van der Waals surface area contributed by atoms with Crippen LogP contribution in [-0.2, 0) is 4.79 Å². The second-order valence-electron chi connectivity index (χ2n) is 6.69. The minimum atomic E-state index is 0.125. The second-order valence-corrected chi connectivity index (χ2v) is 6.69. The SMILES string of the molecule is C[C@@H]1CCC[C@H]2CCCN(CC(=O)Nc3ccccc3)[C@H]21. The summed E-state index contributed by atoms with van der Waals surface area (Å²) in [6.45, 7) is 3.98. The van der Waals surface area contributed by atoms with Crippen LogP contribution in [0.15, 0.2) is 30.3 Å². The van der Waals surface area contributed by atoms with Crippen molar-refractivity contribution in [3.05, 3.63) is 30.3 Å². The second kappa shape index (κ2) is 6.61. The highest BCUT2D eigenvalue weighted by Crippen LogP contribution is 2.38. The molecule has 1 aromatic rings. The molecule has 0 aromatic heterocycles. The van der Waals surface area contributed by atoms with Gasteiger partial charge < -0.3 is 5.32 Å². The first-order valence-electron chi connectivity index (χ1n) is 8.33. The number of carbonyl (C=O) groups is 1. The maximum Gasteiger partial charge on any atom is 0.238 e. The lowest BCUT2D eigenvalue weighted by molar-refractivity contribution is -0.119. The van der Waals surface area contributed by atoms with Crippen molar-refractivity contribution in [2.24, 2.45) is 11.8 Å². The van der Waals surface area contributed by atoms with E-state index in [1.807, 2.05) is 30.3 Å². The molecule has 1 heterocycles. The third kappa shape index (κ3) is 3.46. The summed E-state index contributed by atoms with van der Waals surface area (Å²) in [5.41, 5.74) is 0.896. The molecule has 3 atom stereocenters. The Hall–Kier alpha value is -1.35. The molecule has 1 aliphatic carbocycles. The van der Waals surface area contributed by atoms with Crippen LogP contribution in [0, 0.1) is 11.8 Å². The molecule has 3 rings (SSSR count). The molecule has 1 aliphatic heterocycles. The number of anilines is 1. The van der Waals surface area contributed by atoms with Gasteiger partial charge in [-0.25, -0.2) is 0 Å². The molecule has 2 aliphatic rings. The number of fused-ring (bicyclic) bond motifs is 1. The molecular formula is C18H26N2O. The largest absolute Gasteiger partial charge is 0.325 e. The Labute approximate surface area is 127 Å². The van der Waals surface area contributed by atoms with Crippen LogP contribution >= 0.6 is 0 Å². The normalized spacial score (nSPS) is 29.7. The van der Waals surface area contributed by atoms with Gasteiger partial charge in [0.1, 0.15) is 0 Å². The Kier molecular flexibility index (Phi) is 4.59. The average molecular weight is 286 g/mol. The zero-order valence-corrected chi connectivity index (χ0v) is 12.9. The summed E-state index contributed by atoms with van der Waals surface area (Å²) in [4.78, 5) is 14.7. The number of nitrogens with zero attached hydrogens (tertiary/aromatic N) is 1. The van der Waals surface area contributed by atoms with Gasteiger partial charge in [-0.1, -0.05) is 31.5 Å². The van der Waals surface area contributed by atoms with Gasteiger partial charge in [-0.3, -0.25) is 9.69 Å². The lowest BCUT2D eigenvalue weighted by Gasteiger charge is -2.47. The zero-order valence-electron chi connectivity index (χ0n) is 12.9. The molecule has 0 spiro atoms. The molecule has 1 N–H and O–H groups in total. The molecule has 1 aromatic carbocycles. The lowest BCUT2D eigenvalue weighted by Crippen LogP contribution is -2.52. The number of rotatable bonds is 3. The zero-order chi connectivity index (χ0) is 14.7. The van der Waals surface area contributed by atoms with Gasteiger partial charge in [-0.05, 0) is 56.2 Å². The molecule has 114 valence electrons. The smallest absolute Gasteiger partial charge is 0.238 e. The minimum Gasteiger partial charge on any atom is -0.325 e. The van der Waals surface area contributed by atoms with Gasteiger partial charge in [0.15, 0.2) is 0 Å². The van der Waals surface area contributed by atoms with Gasteiger partial charge in [-0.15, -0.1) is 0 Å². The Morgan fingerprint density at radius 3 is 2.76 bits per heavy atom. The summed E-state index contributed by atoms with van der Waals surface area (Å²) in [6, 6.07) is 10.4. The van der Waals surface area contributed by atoms with Gasteiger partial charge in [0, 0.05) is 11.7 Å². The Balaban J connectivity index is 1.61. The lowest BCUT2D eigenvalue weighted by atomic mass is 9.73. The molecular weight excluding hydrogens is 260 g/mol. The van der Waals surface area contributed by atoms with Crippen molar-refractivity contribution in [2.75, 3.05) is 18.4 Å². The minimum absolute atomic E-state index is 0.125. The number of hydrogen-bond donors (Lipinski definition) is 1. The topological polar surface area (TPSA) is 32.3 Å². The van der Waals surface area contributed by atoms with E-state index in [0.29, 0.717) is 12.6 Å². The van der Waals surface area contributed by atoms with E-state index in [0.717, 1.165) is 24.1 Å². The fourth-order valence-electron chi connectivity index (χ4n) is 4.28. The van der Waals surface area contributed by atoms with Crippen molar-refractivity contribution >= 4 is 11.6 Å². The van der Waals surface area contributed by atoms with E-state index in [1.165, 1.54) is 32.1 Å². The van der Waals surface area contributed by atoms with Crippen LogP contribution in [0.1, 0.15) is 39.0 Å². The fraction of sp³-hybridized carbons (Fsp3) is 0.611. The number of para-hydroxylation sites is 1. The van der Waals surface area contributed by atoms with Gasteiger partial charge in [0.2, 0.25) is 5.91 Å². The van der Waals surface area contributed by atoms with E-state index in [1.54, 1.807) is 0 Å². The van der Waals surface area contributed by atoms with Crippen molar-refractivity contribution in [3.63, 3.8) is 0 Å². The first kappa shape index (κ1) is 14.6. The van der Waals surface area contributed by atoms with Crippen LogP contribution in [0.5, 0.6) is 0 Å². The van der Waals surface area contributed by atoms with Crippen molar-refractivity contribution in [3.8, 4) is 0 Å². The van der Waals surface area contributed by atoms with Gasteiger partial charge in [-0.2, -0.15) is 0 Å². The molecule has 0 unspecified atom stereocenters. The fourth-order valence-corrected chi connectivity index (χ4v) is 4.28. The Morgan fingerprint density at radius 2 is 1.95 bits per heavy atom. The highest BCUT2D eigenvalue weighted by molar-refractivity contribution is 5.92. The number of piperidine rings is 1. The monoisotopic (exact) mass is 286 g/mol. The van der Waals surface area contributed by atoms with Crippen LogP contribution < -0.4 is 5.32 Å². The van der Waals surface area contributed by atoms with E-state index in [9.17, 15) is 4.79 Å². The Morgan fingerprint density at radius 1 is 1.19 bits per heavy atom. The summed E-state index contributed by atoms with van der Waals surface area (Å²) >= 11 is 0. The van der Waals surface area contributed by atoms with Gasteiger partial charge in [0.05, 0.1) is 6.54 Å². The number of nitrogens with one attached hydrogen (secondary N) is 1. The number of benzene rings is 1. The number of likely N-dealkylation sites (tertiary alicyclic amines) is 1. The first-order chi connectivity index (χ1) is 10.2. The molecule has 21 heavy (non-hydrogen) atoms. The van der Waals surface area contributed by atoms with E-state index >= 15 is 0 Å². The summed E-state index contributed by atoms with van der Waals surface area (Å²) in [7, 11) is 0. The van der Waals surface area contributed by atoms with Crippen molar-refractivity contribution < 1.29 is 4.79 Å². The highest BCUT2D eigenvalue weighted by Gasteiger charge is 2.37. The number of hydrogen-bond acceptors (Lipinski definition) is 2. The quantitative estimate of drug-likeness (QED) is 0.922. The third-order valence-electron chi connectivity index (χ3n) is 5.15. The average Bonchev–Trinajstić information content (AvgIpc) is 2.48. The van der Waals surface area contributed by atoms with Crippen LogP contribution in [0.25, 0.3) is 0 Å². The molecule has 1 amide bonds. The summed E-state index contributed by atoms with van der Waals surface area (Å²) in [6.07, 6.45) is 6.63. The van der Waals surface area contributed by atoms with E-state index < -0.39 is 0 Å². The summed E-state index contributed by atoms with van der Waals surface area (Å²) in [5.74, 6) is 1.67. The molecule has 0 bridgehead atoms. The number of carbonyl (C=O) groups excluding carboxylic acids is 1. The molecule has 3 nitrogen and oxygen atoms in total. The predicted octanol–water partition coefficient (Wildman–Crippen LogP) is 3.53. The summed E-state index contributed by atoms with van der Waals surface area (Å²) < 4.78 is 0.